The van der Waals surface area contributed by atoms with Crippen molar-refractivity contribution in [3.63, 3.8) is 0 Å². The van der Waals surface area contributed by atoms with Crippen LogP contribution < -0.4 is 10.1 Å². The highest BCUT2D eigenvalue weighted by Crippen LogP contribution is 2.42. The maximum atomic E-state index is 8.55. The van der Waals surface area contributed by atoms with Crippen LogP contribution in [0.15, 0.2) is 433 Å². The van der Waals surface area contributed by atoms with Crippen molar-refractivity contribution in [3.8, 4) is 95.5 Å². The number of halogens is 5. The summed E-state index contributed by atoms with van der Waals surface area (Å²) in [6, 6.07) is 136. The highest BCUT2D eigenvalue weighted by Gasteiger charge is 2.51. The monoisotopic (exact) mass is 1930 g/mol. The van der Waals surface area contributed by atoms with Crippen molar-refractivity contribution < 1.29 is 41.1 Å². The van der Waals surface area contributed by atoms with Gasteiger partial charge >= 0.3 is 14.8 Å². The Morgan fingerprint density at radius 2 is 0.540 bits per heavy atom. The highest BCUT2D eigenvalue weighted by atomic mass is 79.9. The summed E-state index contributed by atoms with van der Waals surface area (Å²) in [5.74, 6) is 1.79. The zero-order valence-corrected chi connectivity index (χ0v) is 78.3. The van der Waals surface area contributed by atoms with Gasteiger partial charge in [-0.15, -0.1) is 0 Å². The largest absolute Gasteiger partial charge is 0.569 e. The van der Waals surface area contributed by atoms with Crippen LogP contribution in [0.2, 0.25) is 20.4 Å². The number of furan rings is 5. The average Bonchev–Trinajstić information content (AvgIpc) is 1.87. The molecule has 0 unspecified atom stereocenters. The number of benzene rings is 17. The van der Waals surface area contributed by atoms with Crippen molar-refractivity contribution in [1.29, 1.82) is 0 Å². The van der Waals surface area contributed by atoms with E-state index in [1.807, 2.05) is 200 Å². The maximum absolute atomic E-state index is 8.55. The van der Waals surface area contributed by atoms with E-state index in [1.54, 1.807) is 12.1 Å². The summed E-state index contributed by atoms with van der Waals surface area (Å²) in [4.78, 5) is 18.2. The lowest BCUT2D eigenvalue weighted by molar-refractivity contribution is 0.00578. The van der Waals surface area contributed by atoms with Crippen molar-refractivity contribution in [3.05, 3.63) is 431 Å². The number of nitrogens with zero attached hydrogens (tertiary/aromatic N) is 4. The van der Waals surface area contributed by atoms with Gasteiger partial charge in [0.05, 0.1) is 22.6 Å². The molecule has 20 heteroatoms. The van der Waals surface area contributed by atoms with E-state index in [0.717, 1.165) is 208 Å². The zero-order chi connectivity index (χ0) is 93.0. The lowest BCUT2D eigenvalue weighted by Crippen LogP contribution is -2.41. The molecule has 25 rings (SSSR count). The van der Waals surface area contributed by atoms with E-state index in [2.05, 4.69) is 242 Å². The molecule has 1 fully saturated rings. The van der Waals surface area contributed by atoms with E-state index in [9.17, 15) is 0 Å². The first-order chi connectivity index (χ1) is 66.3. The summed E-state index contributed by atoms with van der Waals surface area (Å²) in [6.07, 6.45) is 0. The van der Waals surface area contributed by atoms with E-state index in [0.29, 0.717) is 35.4 Å². The van der Waals surface area contributed by atoms with Gasteiger partial charge in [0.2, 0.25) is 0 Å². The molecule has 17 aromatic carbocycles. The van der Waals surface area contributed by atoms with Gasteiger partial charge in [0.25, 0.3) is 0 Å². The predicted octanol–water partition coefficient (Wildman–Crippen LogP) is 33.7. The molecule has 13 nitrogen and oxygen atoms in total. The molecular formula is C117H84B2BrCl4N4O9. The molecule has 8 heterocycles. The predicted molar refractivity (Wildman–Crippen MR) is 568 cm³/mol. The summed E-state index contributed by atoms with van der Waals surface area (Å²) in [6.45, 7) is 8.29. The van der Waals surface area contributed by atoms with Gasteiger partial charge in [0, 0.05) is 103 Å². The molecule has 667 valence electrons. The van der Waals surface area contributed by atoms with Crippen LogP contribution in [0.5, 0.6) is 5.75 Å². The molecule has 1 aliphatic heterocycles. The van der Waals surface area contributed by atoms with Gasteiger partial charge in [-0.3, -0.25) is 0 Å². The Kier molecular flexibility index (Phi) is 26.8. The Balaban J connectivity index is 0.000000116. The lowest BCUT2D eigenvalue weighted by Gasteiger charge is -2.32. The third-order valence-electron chi connectivity index (χ3n) is 24.3. The average molecular weight is 1930 g/mol. The SMILES string of the molecule is C.CC1(C)OB(c2ccc(-c3ccc4c(c3)oc3ccccc34)cc2)OC1(C)C.Clc1cc(Cl)nc(-c2ccccc2)n1.Clc1ccc(-c2ccc3c(c2)oc2ccccc23)cc1.Clc1ccc(Br)cc1.O[B]Oc1ccc2c(c1)oc1ccccc12.c1ccc(-c2nc(-c3ccc(-c4ccc5c(c4)oc4ccccc45)cc3)cc(-c3ccc(-c4ccc5c(c4)oc4ccccc45)cc3)n2)cc1. The number of hydrogen-bond donors (Lipinski definition) is 1. The Labute approximate surface area is 820 Å². The third kappa shape index (κ3) is 20.1. The van der Waals surface area contributed by atoms with Gasteiger partial charge in [-0.2, -0.15) is 0 Å². The zero-order valence-electron chi connectivity index (χ0n) is 73.7. The minimum Gasteiger partial charge on any atom is -0.537 e. The second kappa shape index (κ2) is 40.1. The maximum Gasteiger partial charge on any atom is 0.569 e. The summed E-state index contributed by atoms with van der Waals surface area (Å²) in [5.41, 5.74) is 23.9. The molecule has 0 aliphatic carbocycles. The van der Waals surface area contributed by atoms with Crippen LogP contribution in [-0.4, -0.2) is 51.0 Å². The first-order valence-electron chi connectivity index (χ1n) is 44.1. The van der Waals surface area contributed by atoms with Crippen LogP contribution >= 0.6 is 62.3 Å². The quantitative estimate of drug-likeness (QED) is 0.0961. The van der Waals surface area contributed by atoms with Gasteiger partial charge in [-0.05, 0) is 211 Å². The third-order valence-corrected chi connectivity index (χ3v) is 25.7. The fraction of sp³-hybridized carbons (Fsp3) is 0.0598. The topological polar surface area (TPSA) is 165 Å². The standard InChI is InChI=1S/C46H28N2O2.C24H23BO3.C18H11ClO.C12H8BO3.C10H6Cl2N2.C6H4BrCl.CH4/c1-2-8-33(9-3-1)46-47-40(31-18-14-29(15-19-31)34-22-24-38-36-10-4-6-12-42(36)49-44(38)26-34)28-41(48-46)32-20-16-30(17-21-32)35-23-25-39-37-11-5-7-13-43(37)50-45(39)27-35;1-23(2)24(3,4)28-25(27-23)18-12-9-16(10-13-18)17-11-14-20-19-7-5-6-8-21(19)26-22(20)15-17;19-14-8-5-12(6-9-14)13-7-10-16-15-3-1-2-4-17(15)20-18(16)11-13;14-13-16-8-5-6-10-9-3-1-2-4-11(9)15-12(10)7-8;11-8-6-9(12)14-10(13-8)7-4-2-1-3-5-7;7-5-1-3-6(8)4-2-5;/h1-28H;5-15H,1-4H3;1-11H;1-7,14H;1-6H;1-4H;1H4. The molecule has 1 radical (unpaired) electrons. The number of fused-ring (bicyclic) bond motifs is 15. The molecule has 137 heavy (non-hydrogen) atoms. The molecular weight excluding hydrogens is 1850 g/mol. The molecule has 0 spiro atoms. The van der Waals surface area contributed by atoms with Crippen LogP contribution in [0.25, 0.3) is 199 Å². The fourth-order valence-electron chi connectivity index (χ4n) is 16.6. The second-order valence-corrected chi connectivity index (χ2v) is 36.1. The number of rotatable bonds is 11. The van der Waals surface area contributed by atoms with Gasteiger partial charge in [0.15, 0.2) is 11.6 Å². The van der Waals surface area contributed by atoms with E-state index >= 15 is 0 Å². The molecule has 1 saturated heterocycles. The molecule has 7 aromatic heterocycles. The van der Waals surface area contributed by atoms with Gasteiger partial charge in [-0.25, -0.2) is 19.9 Å². The molecule has 0 bridgehead atoms. The van der Waals surface area contributed by atoms with E-state index < -0.39 is 0 Å². The highest BCUT2D eigenvalue weighted by molar-refractivity contribution is 9.10. The van der Waals surface area contributed by atoms with Crippen LogP contribution in [0.1, 0.15) is 35.1 Å². The van der Waals surface area contributed by atoms with Crippen molar-refractivity contribution in [2.75, 3.05) is 0 Å². The smallest absolute Gasteiger partial charge is 0.537 e. The number of hydrogen-bond acceptors (Lipinski definition) is 13. The van der Waals surface area contributed by atoms with Crippen LogP contribution in [0, 0.1) is 0 Å². The van der Waals surface area contributed by atoms with Crippen LogP contribution in [-0.2, 0) is 9.31 Å². The first kappa shape index (κ1) is 91.5. The van der Waals surface area contributed by atoms with E-state index in [1.165, 1.54) is 6.07 Å². The Hall–Kier alpha value is -14.7. The number of aromatic nitrogens is 4. The van der Waals surface area contributed by atoms with E-state index in [4.69, 9.17) is 97.4 Å². The van der Waals surface area contributed by atoms with Crippen LogP contribution in [0.4, 0.5) is 0 Å². The summed E-state index contributed by atoms with van der Waals surface area (Å²) in [7, 11) is 0.320. The van der Waals surface area contributed by atoms with Crippen molar-refractivity contribution >= 4 is 192 Å². The molecule has 0 atom stereocenters. The molecule has 0 amide bonds. The Morgan fingerprint density at radius 1 is 0.270 bits per heavy atom. The first-order valence-corrected chi connectivity index (χ1v) is 46.4. The van der Waals surface area contributed by atoms with Crippen LogP contribution in [0.3, 0.4) is 0 Å². The van der Waals surface area contributed by atoms with Gasteiger partial charge in [0.1, 0.15) is 71.9 Å². The Morgan fingerprint density at radius 3 is 0.876 bits per heavy atom. The normalized spacial score (nSPS) is 12.4. The van der Waals surface area contributed by atoms with Gasteiger partial charge in [-0.1, -0.05) is 331 Å². The molecule has 1 N–H and O–H groups in total. The molecule has 1 aliphatic rings. The lowest BCUT2D eigenvalue weighted by atomic mass is 9.78. The molecule has 24 aromatic rings. The minimum absolute atomic E-state index is 0. The number of para-hydroxylation sites is 5. The van der Waals surface area contributed by atoms with Crippen molar-refractivity contribution in [1.82, 2.24) is 19.9 Å². The molecule has 0 saturated carbocycles. The Bertz CT molecular complexity index is 8220. The summed E-state index contributed by atoms with van der Waals surface area (Å²) >= 11 is 26.3. The minimum atomic E-state index is -0.336. The summed E-state index contributed by atoms with van der Waals surface area (Å²) < 4.78 is 48.2. The second-order valence-electron chi connectivity index (χ2n) is 33.6. The van der Waals surface area contributed by atoms with Gasteiger partial charge < -0.3 is 41.1 Å². The van der Waals surface area contributed by atoms with Crippen molar-refractivity contribution in [2.24, 2.45) is 0 Å². The summed E-state index contributed by atoms with van der Waals surface area (Å²) in [5, 5.41) is 22.0. The van der Waals surface area contributed by atoms with E-state index in [-0.39, 0.29) is 25.7 Å². The van der Waals surface area contributed by atoms with Crippen molar-refractivity contribution in [2.45, 2.75) is 46.3 Å². The fourth-order valence-corrected chi connectivity index (χ4v) is 17.5.